The summed E-state index contributed by atoms with van der Waals surface area (Å²) in [6.07, 6.45) is 2.22. The minimum Gasteiger partial charge on any atom is -0.495 e. The number of halogens is 1. The molecule has 0 fully saturated rings. The lowest BCUT2D eigenvalue weighted by Gasteiger charge is -2.30. The molecule has 36 heavy (non-hydrogen) atoms. The zero-order valence-electron chi connectivity index (χ0n) is 21.5. The van der Waals surface area contributed by atoms with Crippen molar-refractivity contribution in [3.8, 4) is 5.75 Å². The van der Waals surface area contributed by atoms with Crippen LogP contribution in [0.25, 0.3) is 0 Å². The molecule has 8 nitrogen and oxygen atoms in total. The van der Waals surface area contributed by atoms with Gasteiger partial charge in [0.2, 0.25) is 21.8 Å². The minimum atomic E-state index is -3.62. The number of para-hydroxylation sites is 2. The predicted molar refractivity (Wildman–Crippen MR) is 144 cm³/mol. The van der Waals surface area contributed by atoms with E-state index in [1.165, 1.54) is 16.3 Å². The number of ether oxygens (including phenoxy) is 1. The van der Waals surface area contributed by atoms with Gasteiger partial charge in [-0.2, -0.15) is 0 Å². The molecule has 2 aromatic rings. The monoisotopic (exact) mass is 537 g/mol. The van der Waals surface area contributed by atoms with E-state index in [-0.39, 0.29) is 43.8 Å². The SMILES string of the molecule is CC[C@H](C)NC(=O)[C@@H](C)N(Cc1ccc(Cl)cc1)C(=O)CCCN(c1ccccc1OC)S(C)(=O)=O. The fourth-order valence-electron chi connectivity index (χ4n) is 3.65. The standard InChI is InChI=1S/C26H36ClN3O5S/c1-6-19(2)28-26(32)20(3)29(18-21-13-15-22(27)16-14-21)25(31)12-9-17-30(36(5,33)34)23-10-7-8-11-24(23)35-4/h7-8,10-11,13-16,19-20H,6,9,12,17-18H2,1-5H3,(H,28,32)/t19-,20+/m0/s1. The van der Waals surface area contributed by atoms with Crippen LogP contribution < -0.4 is 14.4 Å². The average Bonchev–Trinajstić information content (AvgIpc) is 2.84. The molecule has 10 heteroatoms. The van der Waals surface area contributed by atoms with Gasteiger partial charge in [-0.15, -0.1) is 0 Å². The Morgan fingerprint density at radius 2 is 1.72 bits per heavy atom. The maximum absolute atomic E-state index is 13.3. The van der Waals surface area contributed by atoms with Gasteiger partial charge in [-0.25, -0.2) is 8.42 Å². The Bertz CT molecular complexity index is 1120. The number of hydrogen-bond donors (Lipinski definition) is 1. The number of hydrogen-bond acceptors (Lipinski definition) is 5. The summed E-state index contributed by atoms with van der Waals surface area (Å²) in [7, 11) is -2.14. The van der Waals surface area contributed by atoms with Crippen LogP contribution in [0.5, 0.6) is 5.75 Å². The highest BCUT2D eigenvalue weighted by Gasteiger charge is 2.27. The first-order valence-corrected chi connectivity index (χ1v) is 14.2. The lowest BCUT2D eigenvalue weighted by Crippen LogP contribution is -2.49. The van der Waals surface area contributed by atoms with Crippen LogP contribution in [0.1, 0.15) is 45.6 Å². The van der Waals surface area contributed by atoms with Gasteiger partial charge in [0.1, 0.15) is 11.8 Å². The van der Waals surface area contributed by atoms with E-state index in [2.05, 4.69) is 5.32 Å². The number of anilines is 1. The number of nitrogens with zero attached hydrogens (tertiary/aromatic N) is 2. The number of amides is 2. The largest absolute Gasteiger partial charge is 0.495 e. The number of sulfonamides is 1. The van der Waals surface area contributed by atoms with Crippen LogP contribution in [0, 0.1) is 0 Å². The molecule has 0 radical (unpaired) electrons. The zero-order chi connectivity index (χ0) is 26.9. The molecule has 2 rings (SSSR count). The fourth-order valence-corrected chi connectivity index (χ4v) is 4.75. The maximum Gasteiger partial charge on any atom is 0.242 e. The highest BCUT2D eigenvalue weighted by atomic mass is 35.5. The van der Waals surface area contributed by atoms with E-state index in [9.17, 15) is 18.0 Å². The Hall–Kier alpha value is -2.78. The number of benzene rings is 2. The summed E-state index contributed by atoms with van der Waals surface area (Å²) in [4.78, 5) is 27.7. The normalized spacial score (nSPS) is 12.9. The van der Waals surface area contributed by atoms with Gasteiger partial charge >= 0.3 is 0 Å². The third-order valence-electron chi connectivity index (χ3n) is 5.94. The Kier molecular flexibility index (Phi) is 11.0. The molecule has 1 N–H and O–H groups in total. The molecule has 0 bridgehead atoms. The van der Waals surface area contributed by atoms with Crippen molar-refractivity contribution in [3.05, 3.63) is 59.1 Å². The highest BCUT2D eigenvalue weighted by molar-refractivity contribution is 7.92. The van der Waals surface area contributed by atoms with Gasteiger partial charge in [-0.3, -0.25) is 13.9 Å². The second-order valence-corrected chi connectivity index (χ2v) is 11.1. The number of rotatable bonds is 13. The van der Waals surface area contributed by atoms with E-state index >= 15 is 0 Å². The molecule has 2 atom stereocenters. The van der Waals surface area contributed by atoms with Crippen molar-refractivity contribution in [2.45, 2.75) is 58.7 Å². The van der Waals surface area contributed by atoms with Crippen LogP contribution in [0.2, 0.25) is 5.02 Å². The van der Waals surface area contributed by atoms with Gasteiger partial charge in [0.05, 0.1) is 19.1 Å². The highest BCUT2D eigenvalue weighted by Crippen LogP contribution is 2.29. The second-order valence-electron chi connectivity index (χ2n) is 8.75. The van der Waals surface area contributed by atoms with Crippen LogP contribution >= 0.6 is 11.6 Å². The molecule has 0 aliphatic carbocycles. The van der Waals surface area contributed by atoms with Crippen LogP contribution in [-0.4, -0.2) is 57.1 Å². The third-order valence-corrected chi connectivity index (χ3v) is 7.37. The summed E-state index contributed by atoms with van der Waals surface area (Å²) in [5.41, 5.74) is 1.25. The van der Waals surface area contributed by atoms with Gasteiger partial charge in [0.15, 0.2) is 0 Å². The average molecular weight is 538 g/mol. The van der Waals surface area contributed by atoms with E-state index < -0.39 is 16.1 Å². The molecule has 0 saturated heterocycles. The molecule has 0 saturated carbocycles. The number of methoxy groups -OCH3 is 1. The van der Waals surface area contributed by atoms with Crippen LogP contribution in [0.4, 0.5) is 5.69 Å². The summed E-state index contributed by atoms with van der Waals surface area (Å²) < 4.78 is 31.6. The van der Waals surface area contributed by atoms with E-state index in [0.29, 0.717) is 16.5 Å². The second kappa shape index (κ2) is 13.5. The molecular weight excluding hydrogens is 502 g/mol. The van der Waals surface area contributed by atoms with Crippen molar-refractivity contribution in [3.63, 3.8) is 0 Å². The third kappa shape index (κ3) is 8.41. The van der Waals surface area contributed by atoms with Crippen molar-refractivity contribution >= 4 is 39.1 Å². The lowest BCUT2D eigenvalue weighted by atomic mass is 10.1. The van der Waals surface area contributed by atoms with E-state index in [1.807, 2.05) is 26.0 Å². The van der Waals surface area contributed by atoms with Crippen molar-refractivity contribution in [1.82, 2.24) is 10.2 Å². The van der Waals surface area contributed by atoms with Crippen molar-refractivity contribution in [2.24, 2.45) is 0 Å². The maximum atomic E-state index is 13.3. The van der Waals surface area contributed by atoms with Crippen LogP contribution in [0.15, 0.2) is 48.5 Å². The van der Waals surface area contributed by atoms with Crippen LogP contribution in [0.3, 0.4) is 0 Å². The van der Waals surface area contributed by atoms with E-state index in [1.54, 1.807) is 43.3 Å². The molecule has 2 amide bonds. The van der Waals surface area contributed by atoms with Crippen molar-refractivity contribution < 1.29 is 22.7 Å². The van der Waals surface area contributed by atoms with E-state index in [4.69, 9.17) is 16.3 Å². The first kappa shape index (κ1) is 29.5. The summed E-state index contributed by atoms with van der Waals surface area (Å²) in [5, 5.41) is 3.51. The Labute approximate surface area is 219 Å². The van der Waals surface area contributed by atoms with Crippen LogP contribution in [-0.2, 0) is 26.2 Å². The number of carbonyl (C=O) groups excluding carboxylic acids is 2. The molecular formula is C26H36ClN3O5S. The summed E-state index contributed by atoms with van der Waals surface area (Å²) in [6, 6.07) is 13.2. The first-order chi connectivity index (χ1) is 17.0. The zero-order valence-corrected chi connectivity index (χ0v) is 23.1. The number of carbonyl (C=O) groups is 2. The van der Waals surface area contributed by atoms with Gasteiger partial charge in [0, 0.05) is 30.6 Å². The molecule has 0 aliphatic rings. The van der Waals surface area contributed by atoms with Gasteiger partial charge in [-0.05, 0) is 56.5 Å². The lowest BCUT2D eigenvalue weighted by molar-refractivity contribution is -0.140. The Balaban J connectivity index is 2.19. The topological polar surface area (TPSA) is 96.0 Å². The smallest absolute Gasteiger partial charge is 0.242 e. The molecule has 0 aromatic heterocycles. The van der Waals surface area contributed by atoms with Gasteiger partial charge < -0.3 is 15.0 Å². The molecule has 0 spiro atoms. The summed E-state index contributed by atoms with van der Waals surface area (Å²) >= 11 is 6.00. The minimum absolute atomic E-state index is 0.0170. The summed E-state index contributed by atoms with van der Waals surface area (Å²) in [5.74, 6) is -0.0577. The quantitative estimate of drug-likeness (QED) is 0.412. The van der Waals surface area contributed by atoms with Gasteiger partial charge in [-0.1, -0.05) is 42.8 Å². The summed E-state index contributed by atoms with van der Waals surface area (Å²) in [6.45, 7) is 5.90. The predicted octanol–water partition coefficient (Wildman–Crippen LogP) is 4.23. The molecule has 2 aromatic carbocycles. The molecule has 0 aliphatic heterocycles. The Morgan fingerprint density at radius 1 is 1.08 bits per heavy atom. The Morgan fingerprint density at radius 3 is 2.31 bits per heavy atom. The first-order valence-electron chi connectivity index (χ1n) is 11.9. The van der Waals surface area contributed by atoms with Crippen molar-refractivity contribution in [2.75, 3.05) is 24.2 Å². The number of nitrogens with one attached hydrogen (secondary N) is 1. The van der Waals surface area contributed by atoms with Gasteiger partial charge in [0.25, 0.3) is 0 Å². The molecule has 198 valence electrons. The van der Waals surface area contributed by atoms with E-state index in [0.717, 1.165) is 18.2 Å². The molecule has 0 unspecified atom stereocenters. The fraction of sp³-hybridized carbons (Fsp3) is 0.462. The van der Waals surface area contributed by atoms with Crippen molar-refractivity contribution in [1.29, 1.82) is 0 Å². The molecule has 0 heterocycles.